The van der Waals surface area contributed by atoms with E-state index in [2.05, 4.69) is 4.90 Å². The summed E-state index contributed by atoms with van der Waals surface area (Å²) in [6.45, 7) is 0. The fourth-order valence-electron chi connectivity index (χ4n) is 4.04. The molecule has 0 atom stereocenters. The van der Waals surface area contributed by atoms with Gasteiger partial charge in [0.25, 0.3) is 0 Å². The van der Waals surface area contributed by atoms with Crippen molar-refractivity contribution in [3.63, 3.8) is 0 Å². The highest BCUT2D eigenvalue weighted by Crippen LogP contribution is 2.34. The van der Waals surface area contributed by atoms with Gasteiger partial charge in [-0.1, -0.05) is 32.1 Å². The largest absolute Gasteiger partial charge is 0.478 e. The molecule has 3 heteroatoms. The van der Waals surface area contributed by atoms with Crippen LogP contribution in [0.25, 0.3) is 0 Å². The molecule has 0 heterocycles. The van der Waals surface area contributed by atoms with Gasteiger partial charge in [0.1, 0.15) is 0 Å². The van der Waals surface area contributed by atoms with Crippen LogP contribution in [0.4, 0.5) is 5.69 Å². The summed E-state index contributed by atoms with van der Waals surface area (Å²) in [4.78, 5) is 13.6. The van der Waals surface area contributed by atoms with Crippen LogP contribution in [0, 0.1) is 0 Å². The second kappa shape index (κ2) is 6.50. The van der Waals surface area contributed by atoms with E-state index in [1.54, 1.807) is 12.1 Å². The minimum absolute atomic E-state index is 0.383. The number of carboxylic acids is 1. The summed E-state index contributed by atoms with van der Waals surface area (Å²) in [5.41, 5.74) is 1.60. The Morgan fingerprint density at radius 1 is 0.857 bits per heavy atom. The molecule has 2 fully saturated rings. The molecule has 0 radical (unpaired) electrons. The quantitative estimate of drug-likeness (QED) is 0.888. The average Bonchev–Trinajstić information content (AvgIpc) is 3.03. The Morgan fingerprint density at radius 3 is 1.81 bits per heavy atom. The number of nitrogens with zero attached hydrogens (tertiary/aromatic N) is 1. The van der Waals surface area contributed by atoms with Crippen molar-refractivity contribution in [3.05, 3.63) is 29.8 Å². The zero-order valence-corrected chi connectivity index (χ0v) is 12.6. The molecule has 0 spiro atoms. The molecule has 1 aromatic rings. The van der Waals surface area contributed by atoms with Crippen molar-refractivity contribution in [3.8, 4) is 0 Å². The summed E-state index contributed by atoms with van der Waals surface area (Å²) in [6, 6.07) is 8.83. The van der Waals surface area contributed by atoms with Crippen molar-refractivity contribution >= 4 is 11.7 Å². The van der Waals surface area contributed by atoms with Gasteiger partial charge in [0.15, 0.2) is 0 Å². The summed E-state index contributed by atoms with van der Waals surface area (Å²) in [6.07, 6.45) is 11.9. The zero-order chi connectivity index (χ0) is 14.7. The number of carboxylic acid groups (broad SMARTS) is 1. The van der Waals surface area contributed by atoms with Crippen LogP contribution in [-0.2, 0) is 0 Å². The van der Waals surface area contributed by atoms with Crippen LogP contribution in [0.5, 0.6) is 0 Å². The Kier molecular flexibility index (Phi) is 4.47. The van der Waals surface area contributed by atoms with Gasteiger partial charge in [-0.25, -0.2) is 4.79 Å². The van der Waals surface area contributed by atoms with Crippen LogP contribution >= 0.6 is 0 Å². The topological polar surface area (TPSA) is 40.5 Å². The van der Waals surface area contributed by atoms with Crippen LogP contribution in [-0.4, -0.2) is 23.2 Å². The van der Waals surface area contributed by atoms with Crippen molar-refractivity contribution in [2.45, 2.75) is 69.9 Å². The van der Waals surface area contributed by atoms with Gasteiger partial charge in [0.2, 0.25) is 0 Å². The average molecular weight is 287 g/mol. The first-order valence-corrected chi connectivity index (χ1v) is 8.37. The lowest BCUT2D eigenvalue weighted by molar-refractivity contribution is 0.0697. The standard InChI is InChI=1S/C18H25NO2/c20-18(21)14-10-12-17(13-11-14)19(16-8-4-5-9-16)15-6-2-1-3-7-15/h10-13,15-16H,1-9H2,(H,20,21). The zero-order valence-electron chi connectivity index (χ0n) is 12.6. The molecule has 21 heavy (non-hydrogen) atoms. The molecule has 0 unspecified atom stereocenters. The number of benzene rings is 1. The SMILES string of the molecule is O=C(O)c1ccc(N(C2CCCCC2)C2CCCC2)cc1. The molecule has 2 saturated carbocycles. The van der Waals surface area contributed by atoms with E-state index in [4.69, 9.17) is 5.11 Å². The van der Waals surface area contributed by atoms with Crippen LogP contribution < -0.4 is 4.90 Å². The Hall–Kier alpha value is -1.51. The Balaban J connectivity index is 1.84. The highest BCUT2D eigenvalue weighted by atomic mass is 16.4. The summed E-state index contributed by atoms with van der Waals surface area (Å²) in [5, 5.41) is 9.06. The second-order valence-electron chi connectivity index (χ2n) is 6.49. The molecule has 1 aromatic carbocycles. The van der Waals surface area contributed by atoms with Crippen LogP contribution in [0.3, 0.4) is 0 Å². The first kappa shape index (κ1) is 14.4. The van der Waals surface area contributed by atoms with Gasteiger partial charge in [-0.3, -0.25) is 0 Å². The third-order valence-corrected chi connectivity index (χ3v) is 5.10. The number of carbonyl (C=O) groups is 1. The monoisotopic (exact) mass is 287 g/mol. The van der Waals surface area contributed by atoms with Crippen molar-refractivity contribution in [1.29, 1.82) is 0 Å². The highest BCUT2D eigenvalue weighted by molar-refractivity contribution is 5.88. The van der Waals surface area contributed by atoms with Gasteiger partial charge in [0.05, 0.1) is 5.56 Å². The van der Waals surface area contributed by atoms with Crippen molar-refractivity contribution in [2.75, 3.05) is 4.90 Å². The predicted octanol–water partition coefficient (Wildman–Crippen LogP) is 4.47. The summed E-state index contributed by atoms with van der Waals surface area (Å²) in [7, 11) is 0. The molecule has 0 aromatic heterocycles. The fraction of sp³-hybridized carbons (Fsp3) is 0.611. The highest BCUT2D eigenvalue weighted by Gasteiger charge is 2.29. The maximum Gasteiger partial charge on any atom is 0.335 e. The lowest BCUT2D eigenvalue weighted by Gasteiger charge is -2.40. The van der Waals surface area contributed by atoms with Gasteiger partial charge in [-0.05, 0) is 49.9 Å². The summed E-state index contributed by atoms with van der Waals surface area (Å²) >= 11 is 0. The van der Waals surface area contributed by atoms with E-state index < -0.39 is 5.97 Å². The molecule has 3 nitrogen and oxygen atoms in total. The first-order chi connectivity index (χ1) is 10.3. The smallest absolute Gasteiger partial charge is 0.335 e. The third kappa shape index (κ3) is 3.22. The number of aromatic carboxylic acids is 1. The molecular weight excluding hydrogens is 262 g/mol. The lowest BCUT2D eigenvalue weighted by Crippen LogP contribution is -2.43. The van der Waals surface area contributed by atoms with E-state index in [1.807, 2.05) is 12.1 Å². The van der Waals surface area contributed by atoms with Crippen LogP contribution in [0.2, 0.25) is 0 Å². The summed E-state index contributed by atoms with van der Waals surface area (Å²) < 4.78 is 0. The van der Waals surface area contributed by atoms with Gasteiger partial charge >= 0.3 is 5.97 Å². The Labute approximate surface area is 127 Å². The molecule has 114 valence electrons. The molecule has 0 aliphatic heterocycles. The normalized spacial score (nSPS) is 20.6. The van der Waals surface area contributed by atoms with E-state index in [1.165, 1.54) is 63.5 Å². The van der Waals surface area contributed by atoms with Crippen molar-refractivity contribution in [2.24, 2.45) is 0 Å². The number of rotatable bonds is 4. The Morgan fingerprint density at radius 2 is 1.33 bits per heavy atom. The molecule has 0 saturated heterocycles. The minimum atomic E-state index is -0.841. The first-order valence-electron chi connectivity index (χ1n) is 8.37. The minimum Gasteiger partial charge on any atom is -0.478 e. The van der Waals surface area contributed by atoms with E-state index in [-0.39, 0.29) is 0 Å². The third-order valence-electron chi connectivity index (χ3n) is 5.10. The molecule has 3 rings (SSSR count). The lowest BCUT2D eigenvalue weighted by atomic mass is 9.92. The van der Waals surface area contributed by atoms with Gasteiger partial charge in [-0.15, -0.1) is 0 Å². The number of hydrogen-bond donors (Lipinski definition) is 1. The van der Waals surface area contributed by atoms with Crippen molar-refractivity contribution < 1.29 is 9.90 Å². The predicted molar refractivity (Wildman–Crippen MR) is 85.0 cm³/mol. The molecule has 2 aliphatic rings. The fourth-order valence-corrected chi connectivity index (χ4v) is 4.04. The van der Waals surface area contributed by atoms with Gasteiger partial charge in [-0.2, -0.15) is 0 Å². The number of hydrogen-bond acceptors (Lipinski definition) is 2. The van der Waals surface area contributed by atoms with E-state index in [9.17, 15) is 4.79 Å². The van der Waals surface area contributed by atoms with Crippen LogP contribution in [0.15, 0.2) is 24.3 Å². The van der Waals surface area contributed by atoms with E-state index in [0.29, 0.717) is 17.6 Å². The van der Waals surface area contributed by atoms with Crippen LogP contribution in [0.1, 0.15) is 68.1 Å². The van der Waals surface area contributed by atoms with Gasteiger partial charge in [0, 0.05) is 17.8 Å². The summed E-state index contributed by atoms with van der Waals surface area (Å²) in [5.74, 6) is -0.841. The molecule has 1 N–H and O–H groups in total. The molecular formula is C18H25NO2. The molecule has 0 amide bonds. The molecule has 0 bridgehead atoms. The number of anilines is 1. The maximum absolute atomic E-state index is 11.0. The maximum atomic E-state index is 11.0. The second-order valence-corrected chi connectivity index (χ2v) is 6.49. The van der Waals surface area contributed by atoms with E-state index >= 15 is 0 Å². The molecule has 2 aliphatic carbocycles. The van der Waals surface area contributed by atoms with E-state index in [0.717, 1.165) is 0 Å². The van der Waals surface area contributed by atoms with Crippen molar-refractivity contribution in [1.82, 2.24) is 0 Å². The Bertz CT molecular complexity index is 470. The van der Waals surface area contributed by atoms with Gasteiger partial charge < -0.3 is 10.0 Å².